The van der Waals surface area contributed by atoms with E-state index in [1.807, 2.05) is 6.92 Å². The van der Waals surface area contributed by atoms with Crippen LogP contribution in [0.5, 0.6) is 0 Å². The van der Waals surface area contributed by atoms with Crippen LogP contribution in [0.2, 0.25) is 5.02 Å². The monoisotopic (exact) mass is 424 g/mol. The summed E-state index contributed by atoms with van der Waals surface area (Å²) in [7, 11) is -3.89. The number of sulfone groups is 1. The topological polar surface area (TPSA) is 90.9 Å². The molecule has 0 amide bonds. The van der Waals surface area contributed by atoms with Crippen LogP contribution in [0.15, 0.2) is 82.7 Å². The van der Waals surface area contributed by atoms with E-state index in [1.54, 1.807) is 72.8 Å². The highest BCUT2D eigenvalue weighted by atomic mass is 35.5. The van der Waals surface area contributed by atoms with Gasteiger partial charge < -0.3 is 5.73 Å². The lowest BCUT2D eigenvalue weighted by molar-refractivity contribution is 0.592. The van der Waals surface area contributed by atoms with Gasteiger partial charge in [0.1, 0.15) is 5.69 Å². The van der Waals surface area contributed by atoms with Crippen LogP contribution < -0.4 is 5.73 Å². The van der Waals surface area contributed by atoms with Crippen molar-refractivity contribution in [2.75, 3.05) is 5.73 Å². The number of nitrogen functional groups attached to an aromatic ring is 1. The van der Waals surface area contributed by atoms with Gasteiger partial charge in [-0.25, -0.2) is 13.1 Å². The number of benzene rings is 3. The van der Waals surface area contributed by atoms with E-state index in [2.05, 4.69) is 10.3 Å². The predicted molar refractivity (Wildman–Crippen MR) is 113 cm³/mol. The van der Waals surface area contributed by atoms with E-state index in [1.165, 1.54) is 4.68 Å². The molecule has 4 aromatic rings. The van der Waals surface area contributed by atoms with Gasteiger partial charge in [0.25, 0.3) is 0 Å². The third-order valence-electron chi connectivity index (χ3n) is 4.48. The van der Waals surface area contributed by atoms with Gasteiger partial charge in [-0.05, 0) is 55.5 Å². The molecule has 0 saturated carbocycles. The molecule has 0 radical (unpaired) electrons. The number of hydrogen-bond acceptors (Lipinski definition) is 5. The summed E-state index contributed by atoms with van der Waals surface area (Å²) >= 11 is 6.02. The Balaban J connectivity index is 1.96. The first-order chi connectivity index (χ1) is 13.9. The summed E-state index contributed by atoms with van der Waals surface area (Å²) in [6.45, 7) is 1.90. The number of aromatic nitrogens is 3. The highest BCUT2D eigenvalue weighted by molar-refractivity contribution is 7.91. The van der Waals surface area contributed by atoms with Crippen LogP contribution in [0.4, 0.5) is 5.69 Å². The van der Waals surface area contributed by atoms with Crippen LogP contribution in [0.3, 0.4) is 0 Å². The Morgan fingerprint density at radius 1 is 0.897 bits per heavy atom. The van der Waals surface area contributed by atoms with Crippen LogP contribution in [0.25, 0.3) is 16.9 Å². The number of anilines is 1. The Kier molecular flexibility index (Phi) is 4.86. The van der Waals surface area contributed by atoms with E-state index < -0.39 is 9.84 Å². The maximum Gasteiger partial charge on any atom is 0.227 e. The van der Waals surface area contributed by atoms with Crippen LogP contribution in [0, 0.1) is 6.92 Å². The van der Waals surface area contributed by atoms with Crippen molar-refractivity contribution in [2.24, 2.45) is 0 Å². The van der Waals surface area contributed by atoms with Gasteiger partial charge in [0.2, 0.25) is 14.9 Å². The third-order valence-corrected chi connectivity index (χ3v) is 6.41. The first kappa shape index (κ1) is 19.2. The molecule has 146 valence electrons. The van der Waals surface area contributed by atoms with Gasteiger partial charge in [0.15, 0.2) is 0 Å². The van der Waals surface area contributed by atoms with Crippen molar-refractivity contribution in [1.29, 1.82) is 0 Å². The summed E-state index contributed by atoms with van der Waals surface area (Å²) in [4.78, 5) is 0.155. The first-order valence-electron chi connectivity index (χ1n) is 8.75. The minimum atomic E-state index is -3.89. The maximum absolute atomic E-state index is 13.3. The van der Waals surface area contributed by atoms with E-state index in [0.29, 0.717) is 27.7 Å². The minimum absolute atomic E-state index is 0.125. The SMILES string of the molecule is Cc1ccc(S(=O)(=O)c2nnn(-c3ccc(N)cc3)c2-c2ccc(Cl)cc2)cc1. The van der Waals surface area contributed by atoms with E-state index in [0.717, 1.165) is 5.56 Å². The van der Waals surface area contributed by atoms with Crippen molar-refractivity contribution in [3.63, 3.8) is 0 Å². The molecular formula is C21H17ClN4O2S. The average molecular weight is 425 g/mol. The largest absolute Gasteiger partial charge is 0.399 e. The molecule has 3 aromatic carbocycles. The Hall–Kier alpha value is -3.16. The van der Waals surface area contributed by atoms with Gasteiger partial charge >= 0.3 is 0 Å². The van der Waals surface area contributed by atoms with Crippen molar-refractivity contribution in [1.82, 2.24) is 15.0 Å². The zero-order chi connectivity index (χ0) is 20.6. The molecule has 0 aliphatic carbocycles. The van der Waals surface area contributed by atoms with E-state index in [9.17, 15) is 8.42 Å². The summed E-state index contributed by atoms with van der Waals surface area (Å²) in [6, 6.07) is 20.4. The second-order valence-corrected chi connectivity index (χ2v) is 8.87. The molecule has 1 heterocycles. The van der Waals surface area contributed by atoms with Crippen molar-refractivity contribution >= 4 is 27.1 Å². The molecule has 1 aromatic heterocycles. The molecule has 0 saturated heterocycles. The molecule has 29 heavy (non-hydrogen) atoms. The quantitative estimate of drug-likeness (QED) is 0.493. The molecule has 0 fully saturated rings. The van der Waals surface area contributed by atoms with E-state index in [4.69, 9.17) is 17.3 Å². The lowest BCUT2D eigenvalue weighted by Crippen LogP contribution is -2.06. The fraction of sp³-hybridized carbons (Fsp3) is 0.0476. The fourth-order valence-corrected chi connectivity index (χ4v) is 4.37. The molecule has 0 spiro atoms. The maximum atomic E-state index is 13.3. The summed E-state index contributed by atoms with van der Waals surface area (Å²) in [5.41, 5.74) is 8.96. The smallest absolute Gasteiger partial charge is 0.227 e. The molecule has 0 bridgehead atoms. The fourth-order valence-electron chi connectivity index (χ4n) is 2.93. The standard InChI is InChI=1S/C21H17ClN4O2S/c1-14-2-12-19(13-3-14)29(27,28)21-20(15-4-6-16(22)7-5-15)26(25-24-21)18-10-8-17(23)9-11-18/h2-13H,23H2,1H3. The van der Waals surface area contributed by atoms with Crippen molar-refractivity contribution in [2.45, 2.75) is 16.8 Å². The number of nitrogens with zero attached hydrogens (tertiary/aromatic N) is 3. The molecule has 0 aliphatic heterocycles. The number of hydrogen-bond donors (Lipinski definition) is 1. The lowest BCUT2D eigenvalue weighted by Gasteiger charge is -2.10. The molecule has 0 unspecified atom stereocenters. The second-order valence-electron chi connectivity index (χ2n) is 6.57. The molecule has 8 heteroatoms. The Labute approximate surface area is 173 Å². The number of rotatable bonds is 4. The molecule has 4 rings (SSSR count). The Bertz CT molecular complexity index is 1260. The van der Waals surface area contributed by atoms with E-state index in [-0.39, 0.29) is 9.92 Å². The predicted octanol–water partition coefficient (Wildman–Crippen LogP) is 4.31. The molecule has 0 aliphatic rings. The van der Waals surface area contributed by atoms with E-state index >= 15 is 0 Å². The lowest BCUT2D eigenvalue weighted by atomic mass is 10.1. The van der Waals surface area contributed by atoms with Crippen molar-refractivity contribution in [3.05, 3.63) is 83.4 Å². The zero-order valence-electron chi connectivity index (χ0n) is 15.4. The third kappa shape index (κ3) is 3.62. The van der Waals surface area contributed by atoms with Gasteiger partial charge in [-0.3, -0.25) is 0 Å². The highest BCUT2D eigenvalue weighted by Crippen LogP contribution is 2.32. The summed E-state index contributed by atoms with van der Waals surface area (Å²) in [6.07, 6.45) is 0. The molecule has 0 atom stereocenters. The highest BCUT2D eigenvalue weighted by Gasteiger charge is 2.29. The molecule has 2 N–H and O–H groups in total. The minimum Gasteiger partial charge on any atom is -0.399 e. The van der Waals surface area contributed by atoms with Crippen LogP contribution in [-0.2, 0) is 9.84 Å². The van der Waals surface area contributed by atoms with Crippen LogP contribution >= 0.6 is 11.6 Å². The second kappa shape index (κ2) is 7.35. The van der Waals surface area contributed by atoms with Gasteiger partial charge in [-0.15, -0.1) is 5.10 Å². The number of halogens is 1. The van der Waals surface area contributed by atoms with Crippen molar-refractivity contribution < 1.29 is 8.42 Å². The number of nitrogens with two attached hydrogens (primary N) is 1. The van der Waals surface area contributed by atoms with Gasteiger partial charge in [0.05, 0.1) is 10.6 Å². The Morgan fingerprint density at radius 2 is 1.52 bits per heavy atom. The normalized spacial score (nSPS) is 11.5. The summed E-state index contributed by atoms with van der Waals surface area (Å²) in [5.74, 6) is 0. The van der Waals surface area contributed by atoms with Crippen LogP contribution in [0.1, 0.15) is 5.56 Å². The molecule has 6 nitrogen and oxygen atoms in total. The van der Waals surface area contributed by atoms with Gasteiger partial charge in [-0.1, -0.05) is 46.6 Å². The molecular weight excluding hydrogens is 408 g/mol. The Morgan fingerprint density at radius 3 is 2.14 bits per heavy atom. The summed E-state index contributed by atoms with van der Waals surface area (Å²) in [5, 5.41) is 8.60. The number of aryl methyl sites for hydroxylation is 1. The van der Waals surface area contributed by atoms with Gasteiger partial charge in [0, 0.05) is 16.3 Å². The van der Waals surface area contributed by atoms with Gasteiger partial charge in [-0.2, -0.15) is 0 Å². The summed E-state index contributed by atoms with van der Waals surface area (Å²) < 4.78 is 28.2. The van der Waals surface area contributed by atoms with Crippen molar-refractivity contribution in [3.8, 4) is 16.9 Å². The average Bonchev–Trinajstić information content (AvgIpc) is 3.15. The zero-order valence-corrected chi connectivity index (χ0v) is 17.0. The first-order valence-corrected chi connectivity index (χ1v) is 10.6. The van der Waals surface area contributed by atoms with Crippen LogP contribution in [-0.4, -0.2) is 23.4 Å².